The fraction of sp³-hybridized carbons (Fsp3) is 0.323. The van der Waals surface area contributed by atoms with E-state index < -0.39 is 0 Å². The van der Waals surface area contributed by atoms with E-state index in [1.54, 1.807) is 11.3 Å². The highest BCUT2D eigenvalue weighted by Crippen LogP contribution is 2.45. The molecule has 37 heavy (non-hydrogen) atoms. The van der Waals surface area contributed by atoms with Crippen molar-refractivity contribution in [2.75, 3.05) is 13.1 Å². The maximum Gasteiger partial charge on any atom is 0.274 e. The Balaban J connectivity index is 1.24. The summed E-state index contributed by atoms with van der Waals surface area (Å²) >= 11 is 1.67. The smallest absolute Gasteiger partial charge is 0.274 e. The van der Waals surface area contributed by atoms with Crippen molar-refractivity contribution in [1.29, 1.82) is 0 Å². The van der Waals surface area contributed by atoms with Gasteiger partial charge in [-0.1, -0.05) is 66.2 Å². The molecule has 1 aliphatic carbocycles. The van der Waals surface area contributed by atoms with Gasteiger partial charge >= 0.3 is 0 Å². The Morgan fingerprint density at radius 2 is 1.81 bits per heavy atom. The summed E-state index contributed by atoms with van der Waals surface area (Å²) in [6.45, 7) is 3.21. The first-order valence-electron chi connectivity index (χ1n) is 13.2. The number of carbonyl (C=O) groups excluding carboxylic acids is 2. The summed E-state index contributed by atoms with van der Waals surface area (Å²) in [5.41, 5.74) is 3.47. The highest BCUT2D eigenvalue weighted by Gasteiger charge is 2.34. The highest BCUT2D eigenvalue weighted by molar-refractivity contribution is 7.15. The van der Waals surface area contributed by atoms with Gasteiger partial charge < -0.3 is 10.2 Å². The molecule has 2 heterocycles. The zero-order valence-electron chi connectivity index (χ0n) is 21.1. The van der Waals surface area contributed by atoms with Crippen molar-refractivity contribution in [3.05, 3.63) is 88.6 Å². The largest absolute Gasteiger partial charge is 0.350 e. The van der Waals surface area contributed by atoms with Crippen LogP contribution in [-0.4, -0.2) is 40.8 Å². The van der Waals surface area contributed by atoms with Gasteiger partial charge in [-0.15, -0.1) is 11.3 Å². The summed E-state index contributed by atoms with van der Waals surface area (Å²) in [6, 6.07) is 22.0. The number of aromatic nitrogens is 1. The third kappa shape index (κ3) is 4.90. The van der Waals surface area contributed by atoms with Crippen molar-refractivity contribution < 1.29 is 9.59 Å². The molecule has 4 aromatic rings. The maximum absolute atomic E-state index is 14.0. The third-order valence-electron chi connectivity index (χ3n) is 7.47. The summed E-state index contributed by atoms with van der Waals surface area (Å²) in [4.78, 5) is 35.0. The Labute approximate surface area is 221 Å². The number of thiazole rings is 1. The number of fused-ring (bicyclic) bond motifs is 1. The number of aryl methyl sites for hydroxylation is 1. The lowest BCUT2D eigenvalue weighted by molar-refractivity contribution is 0.0598. The lowest BCUT2D eigenvalue weighted by atomic mass is 10.00. The van der Waals surface area contributed by atoms with Gasteiger partial charge in [0.15, 0.2) is 0 Å². The molecular formula is C31H31N3O2S. The molecule has 1 unspecified atom stereocenters. The van der Waals surface area contributed by atoms with Gasteiger partial charge in [-0.2, -0.15) is 0 Å². The Bertz CT molecular complexity index is 1470. The van der Waals surface area contributed by atoms with Crippen LogP contribution in [0.2, 0.25) is 0 Å². The van der Waals surface area contributed by atoms with Crippen LogP contribution in [0.1, 0.15) is 69.4 Å². The molecule has 188 valence electrons. The number of likely N-dealkylation sites (tertiary alicyclic amines) is 1. The predicted molar refractivity (Wildman–Crippen MR) is 149 cm³/mol. The molecule has 0 spiro atoms. The molecule has 1 saturated heterocycles. The Morgan fingerprint density at radius 1 is 1.00 bits per heavy atom. The van der Waals surface area contributed by atoms with Crippen LogP contribution in [0.4, 0.5) is 0 Å². The Morgan fingerprint density at radius 3 is 2.65 bits per heavy atom. The minimum absolute atomic E-state index is 0.0104. The van der Waals surface area contributed by atoms with E-state index in [9.17, 15) is 9.59 Å². The summed E-state index contributed by atoms with van der Waals surface area (Å²) in [5, 5.41) is 6.20. The normalized spacial score (nSPS) is 17.6. The van der Waals surface area contributed by atoms with E-state index in [1.165, 1.54) is 5.56 Å². The lowest BCUT2D eigenvalue weighted by Gasteiger charge is -2.35. The quantitative estimate of drug-likeness (QED) is 0.320. The monoisotopic (exact) mass is 509 g/mol. The molecule has 1 atom stereocenters. The van der Waals surface area contributed by atoms with Crippen LogP contribution in [0.5, 0.6) is 0 Å². The highest BCUT2D eigenvalue weighted by atomic mass is 32.1. The van der Waals surface area contributed by atoms with E-state index in [2.05, 4.69) is 30.4 Å². The summed E-state index contributed by atoms with van der Waals surface area (Å²) in [5.74, 6) is 0.385. The summed E-state index contributed by atoms with van der Waals surface area (Å²) in [6.07, 6.45) is 5.20. The van der Waals surface area contributed by atoms with Gasteiger partial charge in [-0.25, -0.2) is 4.98 Å². The Hall–Kier alpha value is -3.51. The molecule has 1 aromatic heterocycles. The molecule has 6 rings (SSSR count). The van der Waals surface area contributed by atoms with Crippen molar-refractivity contribution in [2.24, 2.45) is 0 Å². The second-order valence-electron chi connectivity index (χ2n) is 10.3. The molecule has 0 bridgehead atoms. The van der Waals surface area contributed by atoms with Crippen LogP contribution in [0.3, 0.4) is 0 Å². The number of rotatable bonds is 6. The summed E-state index contributed by atoms with van der Waals surface area (Å²) in [7, 11) is 0. The molecular weight excluding hydrogens is 478 g/mol. The van der Waals surface area contributed by atoms with Crippen molar-refractivity contribution >= 4 is 33.9 Å². The molecule has 1 saturated carbocycles. The molecule has 5 nitrogen and oxygen atoms in total. The lowest BCUT2D eigenvalue weighted by Crippen LogP contribution is -2.49. The second kappa shape index (κ2) is 10.1. The van der Waals surface area contributed by atoms with Crippen molar-refractivity contribution in [3.63, 3.8) is 0 Å². The fourth-order valence-electron chi connectivity index (χ4n) is 5.31. The van der Waals surface area contributed by atoms with Gasteiger partial charge in [0.1, 0.15) is 5.69 Å². The number of nitrogens with one attached hydrogen (secondary N) is 1. The zero-order chi connectivity index (χ0) is 25.4. The number of carbonyl (C=O) groups is 2. The van der Waals surface area contributed by atoms with E-state index >= 15 is 0 Å². The minimum atomic E-state index is -0.0973. The standard InChI is InChI=1S/C31H31N3O2S/c1-20-8-6-11-23(18-20)28-27(33-30(37-28)22-15-16-22)31(36)34-17-5-4-12-24(34)19-32-29(35)26-14-7-10-21-9-2-3-13-25(21)26/h2-3,6-11,13-14,18,22,24H,4-5,12,15-17,19H2,1H3,(H,32,35). The van der Waals surface area contributed by atoms with Gasteiger partial charge in [0.25, 0.3) is 11.8 Å². The average molecular weight is 510 g/mol. The van der Waals surface area contributed by atoms with Crippen molar-refractivity contribution in [1.82, 2.24) is 15.2 Å². The molecule has 1 aliphatic heterocycles. The van der Waals surface area contributed by atoms with Crippen LogP contribution in [0.25, 0.3) is 21.2 Å². The van der Waals surface area contributed by atoms with Crippen LogP contribution in [0, 0.1) is 6.92 Å². The maximum atomic E-state index is 14.0. The van der Waals surface area contributed by atoms with Crippen LogP contribution in [0.15, 0.2) is 66.7 Å². The first-order valence-corrected chi connectivity index (χ1v) is 14.0. The number of nitrogens with zero attached hydrogens (tertiary/aromatic N) is 2. The first kappa shape index (κ1) is 23.9. The van der Waals surface area contributed by atoms with Crippen molar-refractivity contribution in [3.8, 4) is 10.4 Å². The third-order valence-corrected chi connectivity index (χ3v) is 8.74. The molecule has 2 amide bonds. The van der Waals surface area contributed by atoms with E-state index in [-0.39, 0.29) is 17.9 Å². The topological polar surface area (TPSA) is 62.3 Å². The molecule has 2 fully saturated rings. The van der Waals surface area contributed by atoms with Gasteiger partial charge in [0.2, 0.25) is 0 Å². The average Bonchev–Trinajstić information content (AvgIpc) is 3.69. The number of piperidine rings is 1. The zero-order valence-corrected chi connectivity index (χ0v) is 21.9. The van der Waals surface area contributed by atoms with Crippen LogP contribution >= 0.6 is 11.3 Å². The van der Waals surface area contributed by atoms with Crippen molar-refractivity contribution in [2.45, 2.75) is 51.0 Å². The van der Waals surface area contributed by atoms with Gasteiger partial charge in [0.05, 0.1) is 9.88 Å². The molecule has 3 aromatic carbocycles. The number of hydrogen-bond donors (Lipinski definition) is 1. The van der Waals surface area contributed by atoms with E-state index in [1.807, 2.05) is 53.4 Å². The van der Waals surface area contributed by atoms with Crippen LogP contribution in [-0.2, 0) is 0 Å². The van der Waals surface area contributed by atoms with Gasteiger partial charge in [0, 0.05) is 30.6 Å². The number of hydrogen-bond acceptors (Lipinski definition) is 4. The Kier molecular flexibility index (Phi) is 6.51. The number of amides is 2. The number of benzene rings is 3. The van der Waals surface area contributed by atoms with Gasteiger partial charge in [-0.05, 0) is 61.4 Å². The SMILES string of the molecule is Cc1cccc(-c2sc(C3CC3)nc2C(=O)N2CCCCC2CNC(=O)c2cccc3ccccc23)c1. The van der Waals surface area contributed by atoms with Gasteiger partial charge in [-0.3, -0.25) is 9.59 Å². The molecule has 1 N–H and O–H groups in total. The molecule has 6 heteroatoms. The van der Waals surface area contributed by atoms with E-state index in [0.29, 0.717) is 30.3 Å². The second-order valence-corrected chi connectivity index (χ2v) is 11.3. The van der Waals surface area contributed by atoms with E-state index in [4.69, 9.17) is 4.98 Å². The van der Waals surface area contributed by atoms with E-state index in [0.717, 1.165) is 58.3 Å². The predicted octanol–water partition coefficient (Wildman–Crippen LogP) is 6.57. The summed E-state index contributed by atoms with van der Waals surface area (Å²) < 4.78 is 0. The molecule has 2 aliphatic rings. The first-order chi connectivity index (χ1) is 18.1. The fourth-order valence-corrected chi connectivity index (χ4v) is 6.54. The van der Waals surface area contributed by atoms with Crippen LogP contribution < -0.4 is 5.32 Å². The minimum Gasteiger partial charge on any atom is -0.350 e. The molecule has 0 radical (unpaired) electrons.